The maximum absolute atomic E-state index is 13.0. The second-order valence-corrected chi connectivity index (χ2v) is 11.2. The van der Waals surface area contributed by atoms with E-state index in [1.165, 1.54) is 23.6 Å². The maximum atomic E-state index is 13.0. The van der Waals surface area contributed by atoms with E-state index in [0.29, 0.717) is 25.3 Å². The summed E-state index contributed by atoms with van der Waals surface area (Å²) in [6, 6.07) is 5.14. The van der Waals surface area contributed by atoms with Gasteiger partial charge in [0.05, 0.1) is 10.8 Å². The number of benzene rings is 1. The highest BCUT2D eigenvalue weighted by atomic mass is 32.2. The van der Waals surface area contributed by atoms with Crippen molar-refractivity contribution in [1.82, 2.24) is 9.62 Å². The summed E-state index contributed by atoms with van der Waals surface area (Å²) in [4.78, 5) is 25.2. The first-order valence-corrected chi connectivity index (χ1v) is 13.2. The van der Waals surface area contributed by atoms with Crippen LogP contribution in [-0.2, 0) is 24.3 Å². The summed E-state index contributed by atoms with van der Waals surface area (Å²) in [7, 11) is -3.59. The lowest BCUT2D eigenvalue weighted by Crippen LogP contribution is -2.43. The van der Waals surface area contributed by atoms with Crippen molar-refractivity contribution < 1.29 is 22.7 Å². The second kappa shape index (κ2) is 10.8. The van der Waals surface area contributed by atoms with Crippen molar-refractivity contribution >= 4 is 21.9 Å². The molecule has 1 aromatic rings. The largest absolute Gasteiger partial charge is 0.452 e. The number of hydrogen-bond acceptors (Lipinski definition) is 5. The number of amides is 1. The molecule has 1 amide bonds. The number of carbonyl (C=O) groups is 2. The van der Waals surface area contributed by atoms with Gasteiger partial charge in [-0.05, 0) is 75.6 Å². The fraction of sp³-hybridized carbons (Fsp3) is 0.667. The molecule has 0 radical (unpaired) electrons. The molecule has 1 unspecified atom stereocenters. The van der Waals surface area contributed by atoms with E-state index in [4.69, 9.17) is 4.74 Å². The minimum atomic E-state index is -3.59. The molecule has 0 bridgehead atoms. The summed E-state index contributed by atoms with van der Waals surface area (Å²) >= 11 is 0. The van der Waals surface area contributed by atoms with Crippen LogP contribution in [0.25, 0.3) is 0 Å². The van der Waals surface area contributed by atoms with Crippen LogP contribution in [0.2, 0.25) is 0 Å². The highest BCUT2D eigenvalue weighted by molar-refractivity contribution is 7.89. The van der Waals surface area contributed by atoms with Crippen molar-refractivity contribution in [2.75, 3.05) is 19.6 Å². The average Bonchev–Trinajstić information content (AvgIpc) is 2.79. The van der Waals surface area contributed by atoms with Gasteiger partial charge in [0.2, 0.25) is 10.0 Å². The Morgan fingerprint density at radius 1 is 1.06 bits per heavy atom. The fourth-order valence-corrected chi connectivity index (χ4v) is 6.01. The molecule has 1 aromatic carbocycles. The number of nitrogens with zero attached hydrogens (tertiary/aromatic N) is 1. The molecular weight excluding hydrogens is 428 g/mol. The first-order valence-electron chi connectivity index (χ1n) is 11.7. The van der Waals surface area contributed by atoms with Gasteiger partial charge in [-0.2, -0.15) is 4.31 Å². The Labute approximate surface area is 191 Å². The number of ether oxygens (including phenoxy) is 1. The third-order valence-electron chi connectivity index (χ3n) is 6.86. The van der Waals surface area contributed by atoms with E-state index in [0.717, 1.165) is 24.0 Å². The topological polar surface area (TPSA) is 92.8 Å². The molecule has 0 spiro atoms. The summed E-state index contributed by atoms with van der Waals surface area (Å²) in [6.07, 6.45) is 5.90. The van der Waals surface area contributed by atoms with Crippen LogP contribution >= 0.6 is 0 Å². The number of piperidine rings is 1. The van der Waals surface area contributed by atoms with Crippen molar-refractivity contribution in [3.8, 4) is 0 Å². The number of rotatable bonds is 7. The molecule has 1 saturated heterocycles. The van der Waals surface area contributed by atoms with Gasteiger partial charge in [0.15, 0.2) is 6.10 Å². The van der Waals surface area contributed by atoms with E-state index in [9.17, 15) is 18.0 Å². The minimum Gasteiger partial charge on any atom is -0.452 e. The van der Waals surface area contributed by atoms with Gasteiger partial charge in [-0.15, -0.1) is 0 Å². The molecule has 3 rings (SSSR count). The number of nitrogens with one attached hydrogen (secondary N) is 1. The van der Waals surface area contributed by atoms with Crippen molar-refractivity contribution in [3.63, 3.8) is 0 Å². The minimum absolute atomic E-state index is 0.261. The first kappa shape index (κ1) is 24.7. The average molecular weight is 465 g/mol. The maximum Gasteiger partial charge on any atom is 0.309 e. The van der Waals surface area contributed by atoms with Crippen LogP contribution in [0.1, 0.15) is 63.0 Å². The molecule has 1 atom stereocenters. The zero-order chi connectivity index (χ0) is 23.3. The molecule has 2 fully saturated rings. The van der Waals surface area contributed by atoms with Gasteiger partial charge in [-0.25, -0.2) is 8.42 Å². The zero-order valence-electron chi connectivity index (χ0n) is 19.4. The zero-order valence-corrected chi connectivity index (χ0v) is 20.2. The van der Waals surface area contributed by atoms with E-state index in [2.05, 4.69) is 5.32 Å². The van der Waals surface area contributed by atoms with Gasteiger partial charge < -0.3 is 10.1 Å². The Bertz CT molecular complexity index is 916. The van der Waals surface area contributed by atoms with Crippen LogP contribution < -0.4 is 5.32 Å². The van der Waals surface area contributed by atoms with Crippen molar-refractivity contribution in [2.45, 2.75) is 76.7 Å². The molecule has 1 saturated carbocycles. The summed E-state index contributed by atoms with van der Waals surface area (Å²) in [5.41, 5.74) is 1.97. The Morgan fingerprint density at radius 3 is 2.34 bits per heavy atom. The molecule has 0 aromatic heterocycles. The number of hydrogen-bond donors (Lipinski definition) is 1. The van der Waals surface area contributed by atoms with E-state index in [-0.39, 0.29) is 23.9 Å². The number of carbonyl (C=O) groups excluding carboxylic acids is 2. The van der Waals surface area contributed by atoms with Crippen LogP contribution in [0.15, 0.2) is 23.1 Å². The lowest BCUT2D eigenvalue weighted by atomic mass is 9.89. The predicted molar refractivity (Wildman–Crippen MR) is 123 cm³/mol. The summed E-state index contributed by atoms with van der Waals surface area (Å²) in [6.45, 7) is 6.58. The van der Waals surface area contributed by atoms with Crippen molar-refractivity contribution in [1.29, 1.82) is 0 Å². The number of esters is 1. The fourth-order valence-electron chi connectivity index (χ4n) is 4.46. The SMILES string of the molecule is Cc1ccc(S(=O)(=O)N2CCC(C(=O)OC(C)C(=O)NCC3CCCCC3)CC2)cc1C. The molecule has 1 heterocycles. The number of sulfonamides is 1. The van der Waals surface area contributed by atoms with E-state index in [1.54, 1.807) is 19.1 Å². The highest BCUT2D eigenvalue weighted by Gasteiger charge is 2.34. The third-order valence-corrected chi connectivity index (χ3v) is 8.75. The van der Waals surface area contributed by atoms with Crippen LogP contribution in [-0.4, -0.2) is 50.3 Å². The van der Waals surface area contributed by atoms with Crippen LogP contribution in [0.3, 0.4) is 0 Å². The molecular formula is C24H36N2O5S. The predicted octanol–water partition coefficient (Wildman–Crippen LogP) is 3.33. The lowest BCUT2D eigenvalue weighted by molar-refractivity contribution is -0.159. The van der Waals surface area contributed by atoms with E-state index >= 15 is 0 Å². The van der Waals surface area contributed by atoms with Gasteiger partial charge in [0, 0.05) is 19.6 Å². The number of aryl methyl sites for hydroxylation is 2. The smallest absolute Gasteiger partial charge is 0.309 e. The Kier molecular flexibility index (Phi) is 8.33. The highest BCUT2D eigenvalue weighted by Crippen LogP contribution is 2.26. The summed E-state index contributed by atoms with van der Waals surface area (Å²) in [5.74, 6) is -0.568. The molecule has 7 nitrogen and oxygen atoms in total. The molecule has 2 aliphatic rings. The van der Waals surface area contributed by atoms with Crippen molar-refractivity contribution in [3.05, 3.63) is 29.3 Å². The Morgan fingerprint density at radius 2 is 1.72 bits per heavy atom. The van der Waals surface area contributed by atoms with Gasteiger partial charge in [0.25, 0.3) is 5.91 Å². The van der Waals surface area contributed by atoms with Gasteiger partial charge >= 0.3 is 5.97 Å². The summed E-state index contributed by atoms with van der Waals surface area (Å²) in [5, 5.41) is 2.91. The van der Waals surface area contributed by atoms with E-state index in [1.807, 2.05) is 19.9 Å². The normalized spacial score (nSPS) is 20.0. The Balaban J connectivity index is 1.47. The quantitative estimate of drug-likeness (QED) is 0.625. The van der Waals surface area contributed by atoms with Gasteiger partial charge in [-0.1, -0.05) is 25.3 Å². The van der Waals surface area contributed by atoms with Gasteiger partial charge in [-0.3, -0.25) is 9.59 Å². The van der Waals surface area contributed by atoms with Crippen LogP contribution in [0.5, 0.6) is 0 Å². The monoisotopic (exact) mass is 464 g/mol. The summed E-state index contributed by atoms with van der Waals surface area (Å²) < 4.78 is 32.7. The molecule has 1 N–H and O–H groups in total. The standard InChI is InChI=1S/C24H36N2O5S/c1-17-9-10-22(15-18(17)2)32(29,30)26-13-11-21(12-14-26)24(28)31-19(3)23(27)25-16-20-7-5-4-6-8-20/h9-10,15,19-21H,4-8,11-14,16H2,1-3H3,(H,25,27). The molecule has 32 heavy (non-hydrogen) atoms. The molecule has 178 valence electrons. The van der Waals surface area contributed by atoms with E-state index < -0.39 is 28.0 Å². The van der Waals surface area contributed by atoms with Gasteiger partial charge in [0.1, 0.15) is 0 Å². The van der Waals surface area contributed by atoms with Crippen LogP contribution in [0.4, 0.5) is 0 Å². The molecule has 1 aliphatic heterocycles. The molecule has 8 heteroatoms. The lowest BCUT2D eigenvalue weighted by Gasteiger charge is -2.30. The second-order valence-electron chi connectivity index (χ2n) is 9.25. The van der Waals surface area contributed by atoms with Crippen molar-refractivity contribution in [2.24, 2.45) is 11.8 Å². The van der Waals surface area contributed by atoms with Crippen LogP contribution in [0, 0.1) is 25.7 Å². The first-order chi connectivity index (χ1) is 15.2. The molecule has 1 aliphatic carbocycles. The Hall–Kier alpha value is -1.93. The third kappa shape index (κ3) is 6.10.